The van der Waals surface area contributed by atoms with Crippen LogP contribution < -0.4 is 10.6 Å². The molecular formula is C16H18ClFIN3. The Morgan fingerprint density at radius 1 is 1.05 bits per heavy atom. The molecule has 2 aromatic carbocycles. The molecule has 22 heavy (non-hydrogen) atoms. The molecule has 0 heterocycles. The summed E-state index contributed by atoms with van der Waals surface area (Å²) in [5.41, 5.74) is 2.06. The van der Waals surface area contributed by atoms with Crippen LogP contribution >= 0.6 is 35.6 Å². The van der Waals surface area contributed by atoms with E-state index >= 15 is 0 Å². The highest BCUT2D eigenvalue weighted by Gasteiger charge is 2.02. The highest BCUT2D eigenvalue weighted by atomic mass is 127. The molecule has 0 saturated carbocycles. The Balaban J connectivity index is 0.00000242. The van der Waals surface area contributed by atoms with Crippen LogP contribution in [0.25, 0.3) is 0 Å². The van der Waals surface area contributed by atoms with Crippen LogP contribution in [0.1, 0.15) is 11.1 Å². The van der Waals surface area contributed by atoms with E-state index in [1.807, 2.05) is 30.3 Å². The van der Waals surface area contributed by atoms with E-state index in [1.54, 1.807) is 19.2 Å². The molecule has 0 radical (unpaired) electrons. The lowest BCUT2D eigenvalue weighted by Gasteiger charge is -2.12. The largest absolute Gasteiger partial charge is 0.352 e. The van der Waals surface area contributed by atoms with Gasteiger partial charge in [-0.3, -0.25) is 4.99 Å². The number of nitrogens with zero attached hydrogens (tertiary/aromatic N) is 1. The van der Waals surface area contributed by atoms with Crippen LogP contribution in [0.15, 0.2) is 53.5 Å². The Morgan fingerprint density at radius 3 is 2.27 bits per heavy atom. The molecule has 6 heteroatoms. The number of hydrogen-bond donors (Lipinski definition) is 2. The van der Waals surface area contributed by atoms with Crippen molar-refractivity contribution in [1.29, 1.82) is 0 Å². The van der Waals surface area contributed by atoms with Gasteiger partial charge < -0.3 is 10.6 Å². The molecule has 0 fully saturated rings. The van der Waals surface area contributed by atoms with Crippen molar-refractivity contribution in [3.8, 4) is 0 Å². The van der Waals surface area contributed by atoms with Gasteiger partial charge in [-0.15, -0.1) is 24.0 Å². The molecular weight excluding hydrogens is 416 g/mol. The highest BCUT2D eigenvalue weighted by molar-refractivity contribution is 14.0. The van der Waals surface area contributed by atoms with Gasteiger partial charge in [-0.1, -0.05) is 48.0 Å². The van der Waals surface area contributed by atoms with Gasteiger partial charge in [-0.2, -0.15) is 0 Å². The smallest absolute Gasteiger partial charge is 0.191 e. The maximum atomic E-state index is 13.1. The van der Waals surface area contributed by atoms with E-state index in [0.717, 1.165) is 5.56 Å². The molecule has 0 aliphatic rings. The van der Waals surface area contributed by atoms with Crippen molar-refractivity contribution in [2.75, 3.05) is 7.05 Å². The van der Waals surface area contributed by atoms with Gasteiger partial charge in [0, 0.05) is 20.1 Å². The minimum atomic E-state index is -0.410. The third-order valence-electron chi connectivity index (χ3n) is 2.97. The molecule has 0 unspecified atom stereocenters. The molecule has 118 valence electrons. The number of rotatable bonds is 4. The molecule has 0 saturated heterocycles. The van der Waals surface area contributed by atoms with E-state index in [9.17, 15) is 4.39 Å². The fraction of sp³-hybridized carbons (Fsp3) is 0.188. The summed E-state index contributed by atoms with van der Waals surface area (Å²) < 4.78 is 13.1. The zero-order valence-electron chi connectivity index (χ0n) is 12.1. The molecule has 0 aliphatic heterocycles. The van der Waals surface area contributed by atoms with Crippen LogP contribution in [-0.2, 0) is 13.1 Å². The number of aliphatic imine (C=N–C) groups is 1. The lowest BCUT2D eigenvalue weighted by Crippen LogP contribution is -2.36. The molecule has 2 aromatic rings. The first kappa shape index (κ1) is 18.7. The topological polar surface area (TPSA) is 36.4 Å². The third kappa shape index (κ3) is 5.81. The first-order valence-electron chi connectivity index (χ1n) is 6.61. The molecule has 0 amide bonds. The summed E-state index contributed by atoms with van der Waals surface area (Å²) >= 11 is 5.76. The normalized spacial score (nSPS) is 10.8. The highest BCUT2D eigenvalue weighted by Crippen LogP contribution is 2.15. The Kier molecular flexibility index (Phi) is 8.19. The minimum absolute atomic E-state index is 0. The van der Waals surface area contributed by atoms with Crippen LogP contribution in [0.3, 0.4) is 0 Å². The standard InChI is InChI=1S/C16H17ClFN3.HI/c1-19-16(20-10-12-5-3-2-4-6-12)21-11-13-7-8-15(18)14(17)9-13;/h2-9H,10-11H2,1H3,(H2,19,20,21);1H. The average Bonchev–Trinajstić information content (AvgIpc) is 2.52. The fourth-order valence-corrected chi connectivity index (χ4v) is 2.04. The average molecular weight is 434 g/mol. The van der Waals surface area contributed by atoms with E-state index in [2.05, 4.69) is 15.6 Å². The van der Waals surface area contributed by atoms with Crippen LogP contribution in [0.5, 0.6) is 0 Å². The lowest BCUT2D eigenvalue weighted by molar-refractivity contribution is 0.627. The molecule has 0 atom stereocenters. The summed E-state index contributed by atoms with van der Waals surface area (Å²) in [6, 6.07) is 14.7. The van der Waals surface area contributed by atoms with E-state index < -0.39 is 5.82 Å². The van der Waals surface area contributed by atoms with Gasteiger partial charge in [0.1, 0.15) is 5.82 Å². The first-order valence-corrected chi connectivity index (χ1v) is 6.99. The second-order valence-corrected chi connectivity index (χ2v) is 4.92. The summed E-state index contributed by atoms with van der Waals surface area (Å²) in [6.07, 6.45) is 0. The number of nitrogens with one attached hydrogen (secondary N) is 2. The minimum Gasteiger partial charge on any atom is -0.352 e. The van der Waals surface area contributed by atoms with Crippen LogP contribution in [0.2, 0.25) is 5.02 Å². The van der Waals surface area contributed by atoms with Gasteiger partial charge in [0.05, 0.1) is 5.02 Å². The summed E-state index contributed by atoms with van der Waals surface area (Å²) in [5.74, 6) is 0.270. The number of benzene rings is 2. The van der Waals surface area contributed by atoms with Crippen molar-refractivity contribution in [2.24, 2.45) is 4.99 Å². The molecule has 0 bridgehead atoms. The predicted octanol–water partition coefficient (Wildman–Crippen LogP) is 3.96. The quantitative estimate of drug-likeness (QED) is 0.435. The van der Waals surface area contributed by atoms with Gasteiger partial charge in [0.2, 0.25) is 0 Å². The van der Waals surface area contributed by atoms with Gasteiger partial charge in [-0.25, -0.2) is 4.39 Å². The molecule has 0 aliphatic carbocycles. The van der Waals surface area contributed by atoms with Gasteiger partial charge >= 0.3 is 0 Å². The van der Waals surface area contributed by atoms with Crippen molar-refractivity contribution in [1.82, 2.24) is 10.6 Å². The van der Waals surface area contributed by atoms with Crippen molar-refractivity contribution in [2.45, 2.75) is 13.1 Å². The van der Waals surface area contributed by atoms with E-state index in [4.69, 9.17) is 11.6 Å². The predicted molar refractivity (Wildman–Crippen MR) is 100 cm³/mol. The summed E-state index contributed by atoms with van der Waals surface area (Å²) in [5, 5.41) is 6.50. The van der Waals surface area contributed by atoms with Crippen LogP contribution in [0, 0.1) is 5.82 Å². The summed E-state index contributed by atoms with van der Waals surface area (Å²) in [7, 11) is 1.71. The van der Waals surface area contributed by atoms with E-state index in [0.29, 0.717) is 19.0 Å². The maximum Gasteiger partial charge on any atom is 0.191 e. The zero-order chi connectivity index (χ0) is 15.1. The van der Waals surface area contributed by atoms with Gasteiger partial charge in [-0.05, 0) is 23.3 Å². The Bertz CT molecular complexity index is 620. The van der Waals surface area contributed by atoms with Crippen molar-refractivity contribution in [3.63, 3.8) is 0 Å². The van der Waals surface area contributed by atoms with E-state index in [-0.39, 0.29) is 29.0 Å². The van der Waals surface area contributed by atoms with Crippen LogP contribution in [0.4, 0.5) is 4.39 Å². The molecule has 2 rings (SSSR count). The zero-order valence-corrected chi connectivity index (χ0v) is 15.2. The maximum absolute atomic E-state index is 13.1. The Morgan fingerprint density at radius 2 is 1.68 bits per heavy atom. The molecule has 0 spiro atoms. The monoisotopic (exact) mass is 433 g/mol. The van der Waals surface area contributed by atoms with E-state index in [1.165, 1.54) is 11.6 Å². The second-order valence-electron chi connectivity index (χ2n) is 4.51. The molecule has 0 aromatic heterocycles. The Hall–Kier alpha value is -1.34. The third-order valence-corrected chi connectivity index (χ3v) is 3.26. The fourth-order valence-electron chi connectivity index (χ4n) is 1.84. The first-order chi connectivity index (χ1) is 10.2. The molecule has 3 nitrogen and oxygen atoms in total. The number of hydrogen-bond acceptors (Lipinski definition) is 1. The number of guanidine groups is 1. The molecule has 2 N–H and O–H groups in total. The van der Waals surface area contributed by atoms with Crippen LogP contribution in [-0.4, -0.2) is 13.0 Å². The second kappa shape index (κ2) is 9.63. The summed E-state index contributed by atoms with van der Waals surface area (Å²) in [6.45, 7) is 1.21. The van der Waals surface area contributed by atoms with Crippen molar-refractivity contribution >= 4 is 41.5 Å². The number of halogens is 3. The Labute approximate surface area is 152 Å². The SMILES string of the molecule is CN=C(NCc1ccccc1)NCc1ccc(F)c(Cl)c1.I. The van der Waals surface area contributed by atoms with Crippen molar-refractivity contribution < 1.29 is 4.39 Å². The van der Waals surface area contributed by atoms with Gasteiger partial charge in [0.25, 0.3) is 0 Å². The lowest BCUT2D eigenvalue weighted by atomic mass is 10.2. The summed E-state index contributed by atoms with van der Waals surface area (Å²) in [4.78, 5) is 4.15. The van der Waals surface area contributed by atoms with Gasteiger partial charge in [0.15, 0.2) is 5.96 Å². The van der Waals surface area contributed by atoms with Crippen molar-refractivity contribution in [3.05, 3.63) is 70.5 Å².